The van der Waals surface area contributed by atoms with Crippen LogP contribution in [0.1, 0.15) is 0 Å². The highest BCUT2D eigenvalue weighted by atomic mass is 35.5. The third-order valence-electron chi connectivity index (χ3n) is 3.81. The third-order valence-corrected chi connectivity index (χ3v) is 4.44. The third kappa shape index (κ3) is 2.79. The molecule has 1 aromatic carbocycles. The Morgan fingerprint density at radius 3 is 2.52 bits per heavy atom. The van der Waals surface area contributed by atoms with Crippen molar-refractivity contribution in [2.75, 3.05) is 5.32 Å². The quantitative estimate of drug-likeness (QED) is 0.575. The zero-order valence-corrected chi connectivity index (χ0v) is 14.6. The molecule has 0 unspecified atom stereocenters. The van der Waals surface area contributed by atoms with Gasteiger partial charge in [-0.3, -0.25) is 0 Å². The van der Waals surface area contributed by atoms with E-state index in [0.29, 0.717) is 38.6 Å². The van der Waals surface area contributed by atoms with Crippen molar-refractivity contribution in [3.63, 3.8) is 0 Å². The van der Waals surface area contributed by atoms with Crippen molar-refractivity contribution in [1.82, 2.24) is 24.5 Å². The molecule has 8 heteroatoms. The van der Waals surface area contributed by atoms with Gasteiger partial charge in [-0.15, -0.1) is 0 Å². The summed E-state index contributed by atoms with van der Waals surface area (Å²) in [6.45, 7) is 0. The smallest absolute Gasteiger partial charge is 0.159 e. The van der Waals surface area contributed by atoms with Crippen molar-refractivity contribution in [3.8, 4) is 11.4 Å². The van der Waals surface area contributed by atoms with E-state index in [9.17, 15) is 0 Å². The van der Waals surface area contributed by atoms with Crippen LogP contribution < -0.4 is 5.32 Å². The van der Waals surface area contributed by atoms with Crippen molar-refractivity contribution in [1.29, 1.82) is 0 Å². The maximum absolute atomic E-state index is 6.35. The van der Waals surface area contributed by atoms with Crippen LogP contribution in [0.25, 0.3) is 22.4 Å². The number of rotatable bonds is 3. The molecule has 0 bridgehead atoms. The molecule has 0 atom stereocenters. The van der Waals surface area contributed by atoms with E-state index in [-0.39, 0.29) is 0 Å². The fraction of sp³-hybridized carbons (Fsp3) is 0.0588. The molecule has 6 nitrogen and oxygen atoms in total. The first-order chi connectivity index (χ1) is 12.1. The molecule has 0 spiro atoms. The molecule has 1 N–H and O–H groups in total. The Morgan fingerprint density at radius 2 is 1.80 bits per heavy atom. The van der Waals surface area contributed by atoms with Crippen molar-refractivity contribution in [3.05, 3.63) is 59.1 Å². The van der Waals surface area contributed by atoms with E-state index in [0.717, 1.165) is 5.52 Å². The lowest BCUT2D eigenvalue weighted by Crippen LogP contribution is -1.97. The highest BCUT2D eigenvalue weighted by Crippen LogP contribution is 2.36. The SMILES string of the molecule is Cn1c(-c2c(Cl)cccc2Cl)nc2c(Nc3ccncn3)nccc21. The summed E-state index contributed by atoms with van der Waals surface area (Å²) in [4.78, 5) is 17.2. The van der Waals surface area contributed by atoms with Gasteiger partial charge in [0, 0.05) is 19.4 Å². The molecule has 3 aromatic heterocycles. The lowest BCUT2D eigenvalue weighted by molar-refractivity contribution is 0.959. The van der Waals surface area contributed by atoms with Crippen molar-refractivity contribution in [2.45, 2.75) is 0 Å². The maximum Gasteiger partial charge on any atom is 0.159 e. The normalized spacial score (nSPS) is 11.0. The second-order valence-corrected chi connectivity index (χ2v) is 6.15. The van der Waals surface area contributed by atoms with Crippen LogP contribution in [-0.2, 0) is 7.05 Å². The standard InChI is InChI=1S/C17H12Cl2N6/c1-25-12-5-8-21-16(23-13-6-7-20-9-22-13)15(12)24-17(25)14-10(18)3-2-4-11(14)19/h2-9H,1H3,(H,20,21,22,23). The van der Waals surface area contributed by atoms with E-state index in [2.05, 4.69) is 20.3 Å². The Balaban J connectivity index is 1.89. The number of hydrogen-bond donors (Lipinski definition) is 1. The Kier molecular flexibility index (Phi) is 3.99. The van der Waals surface area contributed by atoms with Crippen LogP contribution in [0, 0.1) is 0 Å². The van der Waals surface area contributed by atoms with Crippen molar-refractivity contribution in [2.24, 2.45) is 7.05 Å². The second kappa shape index (κ2) is 6.31. The molecule has 4 rings (SSSR count). The van der Waals surface area contributed by atoms with Crippen LogP contribution in [0.5, 0.6) is 0 Å². The molecule has 0 aliphatic heterocycles. The van der Waals surface area contributed by atoms with Gasteiger partial charge in [-0.2, -0.15) is 0 Å². The van der Waals surface area contributed by atoms with Gasteiger partial charge in [-0.05, 0) is 24.3 Å². The fourth-order valence-corrected chi connectivity index (χ4v) is 3.20. The molecule has 0 fully saturated rings. The number of aryl methyl sites for hydroxylation is 1. The number of nitrogens with one attached hydrogen (secondary N) is 1. The number of hydrogen-bond acceptors (Lipinski definition) is 5. The number of benzene rings is 1. The number of imidazole rings is 1. The number of halogens is 2. The van der Waals surface area contributed by atoms with E-state index in [1.807, 2.05) is 17.7 Å². The molecular formula is C17H12Cl2N6. The van der Waals surface area contributed by atoms with Gasteiger partial charge in [-0.1, -0.05) is 29.3 Å². The molecular weight excluding hydrogens is 359 g/mol. The summed E-state index contributed by atoms with van der Waals surface area (Å²) in [7, 11) is 1.92. The predicted molar refractivity (Wildman–Crippen MR) is 99.3 cm³/mol. The van der Waals surface area contributed by atoms with Gasteiger partial charge >= 0.3 is 0 Å². The van der Waals surface area contributed by atoms with Crippen molar-refractivity contribution >= 4 is 45.9 Å². The molecule has 0 aliphatic rings. The molecule has 0 radical (unpaired) electrons. The first kappa shape index (κ1) is 15.8. The summed E-state index contributed by atoms with van der Waals surface area (Å²) >= 11 is 12.7. The number of fused-ring (bicyclic) bond motifs is 1. The van der Waals surface area contributed by atoms with Gasteiger partial charge in [0.15, 0.2) is 5.82 Å². The van der Waals surface area contributed by atoms with Crippen LogP contribution in [-0.4, -0.2) is 24.5 Å². The summed E-state index contributed by atoms with van der Waals surface area (Å²) in [6, 6.07) is 9.04. The van der Waals surface area contributed by atoms with Gasteiger partial charge in [-0.25, -0.2) is 19.9 Å². The summed E-state index contributed by atoms with van der Waals surface area (Å²) in [5.74, 6) is 1.91. The zero-order valence-electron chi connectivity index (χ0n) is 13.1. The summed E-state index contributed by atoms with van der Waals surface area (Å²) in [6.07, 6.45) is 4.84. The summed E-state index contributed by atoms with van der Waals surface area (Å²) in [5, 5.41) is 4.26. The van der Waals surface area contributed by atoms with Gasteiger partial charge in [0.2, 0.25) is 0 Å². The van der Waals surface area contributed by atoms with Crippen LogP contribution in [0.3, 0.4) is 0 Å². The van der Waals surface area contributed by atoms with E-state index >= 15 is 0 Å². The minimum absolute atomic E-state index is 0.546. The van der Waals surface area contributed by atoms with Crippen LogP contribution in [0.2, 0.25) is 10.0 Å². The molecule has 0 aliphatic carbocycles. The average molecular weight is 371 g/mol. The Bertz CT molecular complexity index is 1040. The Morgan fingerprint density at radius 1 is 1.00 bits per heavy atom. The van der Waals surface area contributed by atoms with E-state index in [1.54, 1.807) is 36.7 Å². The molecule has 3 heterocycles. The first-order valence-corrected chi connectivity index (χ1v) is 8.19. The Labute approximate surface area is 153 Å². The number of nitrogens with zero attached hydrogens (tertiary/aromatic N) is 5. The minimum Gasteiger partial charge on any atom is -0.327 e. The molecule has 0 saturated heterocycles. The first-order valence-electron chi connectivity index (χ1n) is 7.44. The molecule has 25 heavy (non-hydrogen) atoms. The molecule has 124 valence electrons. The van der Waals surface area contributed by atoms with Crippen LogP contribution >= 0.6 is 23.2 Å². The highest BCUT2D eigenvalue weighted by molar-refractivity contribution is 6.39. The van der Waals surface area contributed by atoms with Crippen LogP contribution in [0.15, 0.2) is 49.1 Å². The maximum atomic E-state index is 6.35. The summed E-state index contributed by atoms with van der Waals surface area (Å²) < 4.78 is 1.94. The molecule has 0 saturated carbocycles. The predicted octanol–water partition coefficient (Wildman–Crippen LogP) is 4.48. The lowest BCUT2D eigenvalue weighted by atomic mass is 10.2. The van der Waals surface area contributed by atoms with Gasteiger partial charge in [0.25, 0.3) is 0 Å². The molecule has 0 amide bonds. The highest BCUT2D eigenvalue weighted by Gasteiger charge is 2.18. The largest absolute Gasteiger partial charge is 0.327 e. The number of pyridine rings is 1. The van der Waals surface area contributed by atoms with Gasteiger partial charge in [0.1, 0.15) is 23.5 Å². The van der Waals surface area contributed by atoms with Gasteiger partial charge in [0.05, 0.1) is 21.1 Å². The van der Waals surface area contributed by atoms with Gasteiger partial charge < -0.3 is 9.88 Å². The van der Waals surface area contributed by atoms with E-state index in [1.165, 1.54) is 6.33 Å². The second-order valence-electron chi connectivity index (χ2n) is 5.34. The number of aromatic nitrogens is 5. The minimum atomic E-state index is 0.546. The number of anilines is 2. The zero-order chi connectivity index (χ0) is 17.4. The molecule has 4 aromatic rings. The summed E-state index contributed by atoms with van der Waals surface area (Å²) in [5.41, 5.74) is 2.30. The topological polar surface area (TPSA) is 68.5 Å². The monoisotopic (exact) mass is 370 g/mol. The average Bonchev–Trinajstić information content (AvgIpc) is 2.94. The lowest BCUT2D eigenvalue weighted by Gasteiger charge is -2.06. The fourth-order valence-electron chi connectivity index (χ4n) is 2.63. The Hall–Kier alpha value is -2.70. The van der Waals surface area contributed by atoms with Crippen LogP contribution in [0.4, 0.5) is 11.6 Å². The van der Waals surface area contributed by atoms with Crippen molar-refractivity contribution < 1.29 is 0 Å². The van der Waals surface area contributed by atoms with E-state index < -0.39 is 0 Å². The van der Waals surface area contributed by atoms with E-state index in [4.69, 9.17) is 28.2 Å².